The van der Waals surface area contributed by atoms with Crippen LogP contribution in [-0.4, -0.2) is 34.8 Å². The van der Waals surface area contributed by atoms with E-state index >= 15 is 0 Å². The normalized spacial score (nSPS) is 18.6. The van der Waals surface area contributed by atoms with Crippen LogP contribution in [0.25, 0.3) is 5.76 Å². The van der Waals surface area contributed by atoms with E-state index in [0.29, 0.717) is 30.4 Å². The fourth-order valence-electron chi connectivity index (χ4n) is 3.33. The van der Waals surface area contributed by atoms with Crippen molar-refractivity contribution in [1.82, 2.24) is 4.90 Å². The number of hydrogen-bond donors (Lipinski definition) is 1. The summed E-state index contributed by atoms with van der Waals surface area (Å²) in [5, 5.41) is 13.0. The molecule has 1 N–H and O–H groups in total. The Kier molecular flexibility index (Phi) is 6.75. The van der Waals surface area contributed by atoms with Gasteiger partial charge in [-0.1, -0.05) is 45.4 Å². The molecule has 0 radical (unpaired) electrons. The highest BCUT2D eigenvalue weighted by Crippen LogP contribution is 2.41. The summed E-state index contributed by atoms with van der Waals surface area (Å²) >= 11 is 1.48. The number of unbranched alkanes of at least 4 members (excludes halogenated alkanes) is 1. The van der Waals surface area contributed by atoms with Crippen LogP contribution in [0.2, 0.25) is 0 Å². The van der Waals surface area contributed by atoms with Gasteiger partial charge in [0.05, 0.1) is 18.2 Å². The summed E-state index contributed by atoms with van der Waals surface area (Å²) < 4.78 is 5.75. The summed E-state index contributed by atoms with van der Waals surface area (Å²) in [5.41, 5.74) is 0.621. The Morgan fingerprint density at radius 3 is 2.69 bits per heavy atom. The van der Waals surface area contributed by atoms with E-state index in [0.717, 1.165) is 17.7 Å². The summed E-state index contributed by atoms with van der Waals surface area (Å²) in [4.78, 5) is 28.0. The maximum Gasteiger partial charge on any atom is 0.295 e. The van der Waals surface area contributed by atoms with E-state index in [4.69, 9.17) is 4.74 Å². The number of amides is 1. The summed E-state index contributed by atoms with van der Waals surface area (Å²) in [5.74, 6) is -0.350. The number of carbonyl (C=O) groups excluding carboxylic acids is 2. The second kappa shape index (κ2) is 9.27. The van der Waals surface area contributed by atoms with Crippen molar-refractivity contribution in [1.29, 1.82) is 0 Å². The second-order valence-corrected chi connectivity index (χ2v) is 8.57. The Morgan fingerprint density at radius 2 is 2.03 bits per heavy atom. The quantitative estimate of drug-likeness (QED) is 0.375. The van der Waals surface area contributed by atoms with E-state index < -0.39 is 17.7 Å². The van der Waals surface area contributed by atoms with Crippen LogP contribution < -0.4 is 4.74 Å². The molecule has 0 saturated carbocycles. The number of ether oxygens (including phenoxy) is 1. The molecular formula is C23H27NO4S. The van der Waals surface area contributed by atoms with Gasteiger partial charge in [0.1, 0.15) is 11.5 Å². The zero-order valence-electron chi connectivity index (χ0n) is 17.1. The Morgan fingerprint density at radius 1 is 1.24 bits per heavy atom. The van der Waals surface area contributed by atoms with Gasteiger partial charge in [-0.2, -0.15) is 0 Å². The Balaban J connectivity index is 2.03. The standard InChI is InChI=1S/C23H27NO4S/c1-4-5-11-24-20(18-10-7-12-29-18)19(22(26)23(24)27)21(25)16-8-6-9-17(13-16)28-14-15(2)3/h6-10,12-13,15,20,25H,4-5,11,14H2,1-3H3/b21-19-. The van der Waals surface area contributed by atoms with Crippen LogP contribution in [-0.2, 0) is 9.59 Å². The monoisotopic (exact) mass is 413 g/mol. The molecule has 1 atom stereocenters. The predicted molar refractivity (Wildman–Crippen MR) is 115 cm³/mol. The first-order chi connectivity index (χ1) is 13.9. The largest absolute Gasteiger partial charge is 0.507 e. The number of aliphatic hydroxyl groups is 1. The predicted octanol–water partition coefficient (Wildman–Crippen LogP) is 5.00. The molecule has 1 amide bonds. The highest BCUT2D eigenvalue weighted by atomic mass is 32.1. The lowest BCUT2D eigenvalue weighted by atomic mass is 9.99. The van der Waals surface area contributed by atoms with E-state index in [-0.39, 0.29) is 11.3 Å². The maximum atomic E-state index is 12.9. The molecule has 1 aromatic heterocycles. The van der Waals surface area contributed by atoms with Crippen molar-refractivity contribution in [3.8, 4) is 5.75 Å². The van der Waals surface area contributed by atoms with E-state index in [1.165, 1.54) is 11.3 Å². The lowest BCUT2D eigenvalue weighted by Gasteiger charge is -2.23. The van der Waals surface area contributed by atoms with Gasteiger partial charge in [0.2, 0.25) is 0 Å². The van der Waals surface area contributed by atoms with Crippen molar-refractivity contribution >= 4 is 28.8 Å². The third-order valence-corrected chi connectivity index (χ3v) is 5.72. The van der Waals surface area contributed by atoms with Crippen molar-refractivity contribution in [2.24, 2.45) is 5.92 Å². The fraction of sp³-hybridized carbons (Fsp3) is 0.391. The van der Waals surface area contributed by atoms with Gasteiger partial charge in [-0.25, -0.2) is 0 Å². The topological polar surface area (TPSA) is 66.8 Å². The number of Topliss-reactive ketones (excluding diaryl/α,β-unsaturated/α-hetero) is 1. The molecule has 2 aromatic rings. The van der Waals surface area contributed by atoms with Crippen LogP contribution in [0.3, 0.4) is 0 Å². The van der Waals surface area contributed by atoms with E-state index in [2.05, 4.69) is 13.8 Å². The van der Waals surface area contributed by atoms with Crippen molar-refractivity contribution < 1.29 is 19.4 Å². The molecule has 1 unspecified atom stereocenters. The molecule has 1 aliphatic rings. The lowest BCUT2D eigenvalue weighted by Crippen LogP contribution is -2.30. The smallest absolute Gasteiger partial charge is 0.295 e. The number of ketones is 1. The molecule has 0 bridgehead atoms. The second-order valence-electron chi connectivity index (χ2n) is 7.59. The highest BCUT2D eigenvalue weighted by Gasteiger charge is 2.46. The molecule has 29 heavy (non-hydrogen) atoms. The molecular weight excluding hydrogens is 386 g/mol. The molecule has 6 heteroatoms. The number of likely N-dealkylation sites (tertiary alicyclic amines) is 1. The van der Waals surface area contributed by atoms with E-state index in [1.807, 2.05) is 30.5 Å². The fourth-order valence-corrected chi connectivity index (χ4v) is 4.18. The molecule has 0 spiro atoms. The minimum absolute atomic E-state index is 0.148. The Labute approximate surface area is 175 Å². The molecule has 5 nitrogen and oxygen atoms in total. The number of rotatable bonds is 8. The molecule has 1 aliphatic heterocycles. The maximum absolute atomic E-state index is 12.9. The molecule has 2 heterocycles. The summed E-state index contributed by atoms with van der Waals surface area (Å²) in [7, 11) is 0. The number of hydrogen-bond acceptors (Lipinski definition) is 5. The van der Waals surface area contributed by atoms with Gasteiger partial charge < -0.3 is 14.7 Å². The Hall–Kier alpha value is -2.60. The molecule has 1 saturated heterocycles. The zero-order chi connectivity index (χ0) is 21.0. The van der Waals surface area contributed by atoms with Gasteiger partial charge in [-0.15, -0.1) is 11.3 Å². The van der Waals surface area contributed by atoms with Crippen molar-refractivity contribution in [3.63, 3.8) is 0 Å². The van der Waals surface area contributed by atoms with Crippen molar-refractivity contribution in [3.05, 3.63) is 57.8 Å². The Bertz CT molecular complexity index is 901. The first kappa shape index (κ1) is 21.1. The van der Waals surface area contributed by atoms with Gasteiger partial charge in [0, 0.05) is 17.0 Å². The molecule has 3 rings (SSSR count). The average molecular weight is 414 g/mol. The minimum atomic E-state index is -0.634. The number of benzene rings is 1. The first-order valence-corrected chi connectivity index (χ1v) is 10.9. The van der Waals surface area contributed by atoms with Gasteiger partial charge in [0.15, 0.2) is 0 Å². The molecule has 0 aliphatic carbocycles. The summed E-state index contributed by atoms with van der Waals surface area (Å²) in [6.07, 6.45) is 1.71. The minimum Gasteiger partial charge on any atom is -0.507 e. The van der Waals surface area contributed by atoms with Gasteiger partial charge in [-0.3, -0.25) is 9.59 Å². The zero-order valence-corrected chi connectivity index (χ0v) is 17.9. The molecule has 154 valence electrons. The van der Waals surface area contributed by atoms with E-state index in [1.54, 1.807) is 23.1 Å². The summed E-state index contributed by atoms with van der Waals surface area (Å²) in [6.45, 7) is 7.20. The lowest BCUT2D eigenvalue weighted by molar-refractivity contribution is -0.139. The molecule has 1 fully saturated rings. The van der Waals surface area contributed by atoms with Crippen LogP contribution >= 0.6 is 11.3 Å². The van der Waals surface area contributed by atoms with Gasteiger partial charge in [-0.05, 0) is 35.9 Å². The van der Waals surface area contributed by atoms with Crippen LogP contribution in [0.1, 0.15) is 50.1 Å². The highest BCUT2D eigenvalue weighted by molar-refractivity contribution is 7.10. The third kappa shape index (κ3) is 4.53. The van der Waals surface area contributed by atoms with Crippen molar-refractivity contribution in [2.75, 3.05) is 13.2 Å². The third-order valence-electron chi connectivity index (χ3n) is 4.80. The number of nitrogens with zero attached hydrogens (tertiary/aromatic N) is 1. The number of aliphatic hydroxyl groups excluding tert-OH is 1. The van der Waals surface area contributed by atoms with Crippen LogP contribution in [0, 0.1) is 5.92 Å². The summed E-state index contributed by atoms with van der Waals surface area (Å²) in [6, 6.07) is 10.3. The van der Waals surface area contributed by atoms with Crippen LogP contribution in [0.4, 0.5) is 0 Å². The number of carbonyl (C=O) groups is 2. The molecule has 1 aromatic carbocycles. The van der Waals surface area contributed by atoms with Crippen LogP contribution in [0.15, 0.2) is 47.4 Å². The van der Waals surface area contributed by atoms with Gasteiger partial charge in [0.25, 0.3) is 11.7 Å². The SMILES string of the molecule is CCCCN1C(=O)C(=O)/C(=C(\O)c2cccc(OCC(C)C)c2)C1c1cccs1. The van der Waals surface area contributed by atoms with E-state index in [9.17, 15) is 14.7 Å². The number of thiophene rings is 1. The van der Waals surface area contributed by atoms with Crippen LogP contribution in [0.5, 0.6) is 5.75 Å². The van der Waals surface area contributed by atoms with Crippen molar-refractivity contribution in [2.45, 2.75) is 39.7 Å². The first-order valence-electron chi connectivity index (χ1n) is 9.99. The average Bonchev–Trinajstić information content (AvgIpc) is 3.32. The van der Waals surface area contributed by atoms with Gasteiger partial charge >= 0.3 is 0 Å².